The summed E-state index contributed by atoms with van der Waals surface area (Å²) in [5, 5.41) is 1.61. The monoisotopic (exact) mass is 398 g/mol. The van der Waals surface area contributed by atoms with E-state index in [4.69, 9.17) is 11.6 Å². The smallest absolute Gasteiger partial charge is 0.293 e. The fourth-order valence-electron chi connectivity index (χ4n) is 2.46. The molecule has 8 heteroatoms. The molecule has 0 spiro atoms. The molecule has 1 fully saturated rings. The molecule has 0 radical (unpaired) electrons. The molecule has 0 saturated carbocycles. The number of likely N-dealkylation sites (N-methyl/N-ethyl adjacent to an activating group) is 1. The first-order chi connectivity index (χ1) is 12.2. The second kappa shape index (κ2) is 9.08. The van der Waals surface area contributed by atoms with Gasteiger partial charge in [0, 0.05) is 56.1 Å². The number of fused-ring (bicyclic) bond motifs is 1. The predicted octanol–water partition coefficient (Wildman–Crippen LogP) is 3.61. The molecule has 2 aromatic heterocycles. The number of piperazine rings is 1. The second-order valence-electron chi connectivity index (χ2n) is 7.28. The average Bonchev–Trinajstić information content (AvgIpc) is 2.98. The Morgan fingerprint density at radius 2 is 1.92 bits per heavy atom. The van der Waals surface area contributed by atoms with E-state index in [-0.39, 0.29) is 5.60 Å². The van der Waals surface area contributed by atoms with Gasteiger partial charge in [-0.3, -0.25) is 8.77 Å². The van der Waals surface area contributed by atoms with Crippen LogP contribution < -0.4 is 0 Å². The van der Waals surface area contributed by atoms with E-state index in [2.05, 4.69) is 43.1 Å². The van der Waals surface area contributed by atoms with Gasteiger partial charge in [0.2, 0.25) is 0 Å². The summed E-state index contributed by atoms with van der Waals surface area (Å²) in [6.45, 7) is 12.4. The van der Waals surface area contributed by atoms with Crippen LogP contribution in [0.25, 0.3) is 10.9 Å². The second-order valence-corrected chi connectivity index (χ2v) is 8.71. The average molecular weight is 399 g/mol. The van der Waals surface area contributed by atoms with Crippen LogP contribution in [0.3, 0.4) is 0 Å². The van der Waals surface area contributed by atoms with E-state index in [0.717, 1.165) is 37.1 Å². The third-order valence-electron chi connectivity index (χ3n) is 3.89. The molecule has 0 bridgehead atoms. The molecule has 0 atom stereocenters. The van der Waals surface area contributed by atoms with Crippen molar-refractivity contribution in [1.29, 1.82) is 0 Å². The van der Waals surface area contributed by atoms with Crippen molar-refractivity contribution < 1.29 is 9.53 Å². The van der Waals surface area contributed by atoms with Crippen LogP contribution in [-0.2, 0) is 9.53 Å². The predicted molar refractivity (Wildman–Crippen MR) is 108 cm³/mol. The standard InChI is InChI=1S/C13H17ClN4S.C5H10O2/c1-10-9-15-13(14)11-3-4-18(12(10)11)19-17-7-5-16(2)6-8-17;1-5(2,3)7-4-6/h3-4,9H,5-8H2,1-2H3;4H,1-3H3. The molecule has 1 aliphatic heterocycles. The van der Waals surface area contributed by atoms with E-state index in [1.807, 2.05) is 33.0 Å². The summed E-state index contributed by atoms with van der Waals surface area (Å²) in [7, 11) is 2.17. The molecule has 3 heterocycles. The number of rotatable bonds is 3. The van der Waals surface area contributed by atoms with Gasteiger partial charge in [-0.05, 0) is 46.4 Å². The maximum atomic E-state index is 9.60. The van der Waals surface area contributed by atoms with Gasteiger partial charge in [-0.25, -0.2) is 9.29 Å². The zero-order valence-electron chi connectivity index (χ0n) is 16.0. The Morgan fingerprint density at radius 3 is 2.46 bits per heavy atom. The van der Waals surface area contributed by atoms with Crippen LogP contribution in [-0.4, -0.2) is 63.5 Å². The van der Waals surface area contributed by atoms with Crippen molar-refractivity contribution in [2.75, 3.05) is 33.2 Å². The lowest BCUT2D eigenvalue weighted by molar-refractivity contribution is -0.138. The molecule has 144 valence electrons. The van der Waals surface area contributed by atoms with Crippen molar-refractivity contribution in [3.05, 3.63) is 29.2 Å². The van der Waals surface area contributed by atoms with E-state index in [0.29, 0.717) is 11.6 Å². The van der Waals surface area contributed by atoms with Crippen LogP contribution in [0.1, 0.15) is 26.3 Å². The lowest BCUT2D eigenvalue weighted by Crippen LogP contribution is -2.41. The highest BCUT2D eigenvalue weighted by atomic mass is 35.5. The van der Waals surface area contributed by atoms with Crippen molar-refractivity contribution in [2.45, 2.75) is 33.3 Å². The van der Waals surface area contributed by atoms with Crippen LogP contribution in [0.15, 0.2) is 18.5 Å². The molecule has 3 rings (SSSR count). The number of ether oxygens (including phenoxy) is 1. The van der Waals surface area contributed by atoms with Crippen LogP contribution >= 0.6 is 23.7 Å². The van der Waals surface area contributed by atoms with Gasteiger partial charge < -0.3 is 9.64 Å². The molecule has 6 nitrogen and oxygen atoms in total. The summed E-state index contributed by atoms with van der Waals surface area (Å²) >= 11 is 7.91. The Balaban J connectivity index is 0.000000298. The van der Waals surface area contributed by atoms with E-state index >= 15 is 0 Å². The van der Waals surface area contributed by atoms with Crippen LogP contribution in [0.4, 0.5) is 0 Å². The normalized spacial score (nSPS) is 16.2. The molecular formula is C18H27ClN4O2S. The summed E-state index contributed by atoms with van der Waals surface area (Å²) in [4.78, 5) is 16.2. The Hall–Kier alpha value is -1.28. The van der Waals surface area contributed by atoms with Gasteiger partial charge in [-0.2, -0.15) is 0 Å². The van der Waals surface area contributed by atoms with Gasteiger partial charge in [-0.15, -0.1) is 0 Å². The fourth-order valence-corrected chi connectivity index (χ4v) is 3.67. The molecule has 1 aliphatic rings. The molecule has 0 amide bonds. The summed E-state index contributed by atoms with van der Waals surface area (Å²) in [5.74, 6) is 0. The van der Waals surface area contributed by atoms with Gasteiger partial charge in [0.05, 0.1) is 5.52 Å². The Labute approximate surface area is 164 Å². The molecule has 1 saturated heterocycles. The summed E-state index contributed by atoms with van der Waals surface area (Å²) in [6, 6.07) is 2.04. The van der Waals surface area contributed by atoms with Crippen LogP contribution in [0.5, 0.6) is 0 Å². The Morgan fingerprint density at radius 1 is 1.27 bits per heavy atom. The number of halogens is 1. The molecule has 0 aliphatic carbocycles. The maximum Gasteiger partial charge on any atom is 0.293 e. The third-order valence-corrected chi connectivity index (χ3v) is 5.26. The van der Waals surface area contributed by atoms with E-state index in [1.54, 1.807) is 12.1 Å². The first-order valence-corrected chi connectivity index (χ1v) is 9.67. The minimum absolute atomic E-state index is 0.318. The van der Waals surface area contributed by atoms with Crippen molar-refractivity contribution in [3.63, 3.8) is 0 Å². The summed E-state index contributed by atoms with van der Waals surface area (Å²) in [6.07, 6.45) is 3.92. The van der Waals surface area contributed by atoms with Gasteiger partial charge in [0.1, 0.15) is 10.8 Å². The van der Waals surface area contributed by atoms with Gasteiger partial charge in [-0.1, -0.05) is 11.6 Å². The first kappa shape index (κ1) is 21.0. The Kier molecular flexibility index (Phi) is 7.34. The number of aryl methyl sites for hydroxylation is 1. The lowest BCUT2D eigenvalue weighted by atomic mass is 10.2. The van der Waals surface area contributed by atoms with Gasteiger partial charge in [0.15, 0.2) is 0 Å². The minimum Gasteiger partial charge on any atom is -0.462 e. The van der Waals surface area contributed by atoms with Crippen molar-refractivity contribution in [1.82, 2.24) is 18.2 Å². The number of pyridine rings is 1. The van der Waals surface area contributed by atoms with Gasteiger partial charge >= 0.3 is 0 Å². The number of hydrogen-bond acceptors (Lipinski definition) is 6. The topological polar surface area (TPSA) is 50.6 Å². The summed E-state index contributed by atoms with van der Waals surface area (Å²) < 4.78 is 9.14. The Bertz CT molecular complexity index is 737. The molecule has 0 N–H and O–H groups in total. The molecule has 0 unspecified atom stereocenters. The third kappa shape index (κ3) is 5.87. The van der Waals surface area contributed by atoms with E-state index in [9.17, 15) is 4.79 Å². The van der Waals surface area contributed by atoms with Crippen LogP contribution in [0, 0.1) is 6.92 Å². The largest absolute Gasteiger partial charge is 0.462 e. The highest BCUT2D eigenvalue weighted by molar-refractivity contribution is 7.95. The number of carbonyl (C=O) groups excluding carboxylic acids is 1. The number of carbonyl (C=O) groups is 1. The van der Waals surface area contributed by atoms with Crippen molar-refractivity contribution in [2.24, 2.45) is 0 Å². The van der Waals surface area contributed by atoms with Crippen molar-refractivity contribution in [3.8, 4) is 0 Å². The quantitative estimate of drug-likeness (QED) is 0.447. The molecule has 26 heavy (non-hydrogen) atoms. The first-order valence-electron chi connectivity index (χ1n) is 8.57. The molecule has 2 aromatic rings. The van der Waals surface area contributed by atoms with Crippen molar-refractivity contribution >= 4 is 41.1 Å². The van der Waals surface area contributed by atoms with E-state index in [1.165, 1.54) is 5.52 Å². The number of hydrogen-bond donors (Lipinski definition) is 0. The minimum atomic E-state index is -0.318. The number of nitrogens with zero attached hydrogens (tertiary/aromatic N) is 4. The van der Waals surface area contributed by atoms with Gasteiger partial charge in [0.25, 0.3) is 6.47 Å². The fraction of sp³-hybridized carbons (Fsp3) is 0.556. The van der Waals surface area contributed by atoms with E-state index < -0.39 is 0 Å². The molecule has 0 aromatic carbocycles. The number of aromatic nitrogens is 2. The SMILES string of the molecule is CC(C)(C)OC=O.Cc1cnc(Cl)c2ccn(SN3CCN(C)CC3)c12. The summed E-state index contributed by atoms with van der Waals surface area (Å²) in [5.41, 5.74) is 2.01. The lowest BCUT2D eigenvalue weighted by Gasteiger charge is -2.31. The van der Waals surface area contributed by atoms with Crippen LogP contribution in [0.2, 0.25) is 5.15 Å². The zero-order valence-corrected chi connectivity index (χ0v) is 17.6. The highest BCUT2D eigenvalue weighted by Gasteiger charge is 2.17. The molecular weight excluding hydrogens is 372 g/mol. The zero-order chi connectivity index (χ0) is 19.3. The maximum absolute atomic E-state index is 9.60. The highest BCUT2D eigenvalue weighted by Crippen LogP contribution is 2.29.